The molecule has 0 radical (unpaired) electrons. The van der Waals surface area contributed by atoms with Crippen LogP contribution in [0.4, 0.5) is 0 Å². The Morgan fingerprint density at radius 1 is 0.228 bits per heavy atom. The molecule has 0 amide bonds. The lowest BCUT2D eigenvalue weighted by Crippen LogP contribution is -2.34. The lowest BCUT2D eigenvalue weighted by atomic mass is 9.26. The molecule has 8 heterocycles. The summed E-state index contributed by atoms with van der Waals surface area (Å²) < 4.78 is 0. The normalized spacial score (nSPS) is 33.7. The van der Waals surface area contributed by atoms with E-state index in [2.05, 4.69) is 0 Å². The predicted molar refractivity (Wildman–Crippen MR) is 265 cm³/mol. The van der Waals surface area contributed by atoms with Crippen molar-refractivity contribution in [3.8, 4) is 0 Å². The number of hydrogen-bond acceptors (Lipinski definition) is 0. The molecule has 320 valence electrons. The van der Waals surface area contributed by atoms with E-state index in [4.69, 9.17) is 0 Å². The van der Waals surface area contributed by atoms with E-state index in [1.165, 1.54) is 0 Å². The molecule has 8 bridgehead atoms. The molecule has 0 aliphatic carbocycles. The van der Waals surface area contributed by atoms with Gasteiger partial charge in [0.25, 0.3) is 0 Å². The van der Waals surface area contributed by atoms with Gasteiger partial charge in [0, 0.05) is 7.26 Å². The van der Waals surface area contributed by atoms with Crippen molar-refractivity contribution < 1.29 is 0 Å². The zero-order valence-corrected chi connectivity index (χ0v) is 39.4. The van der Waals surface area contributed by atoms with E-state index in [0.29, 0.717) is 0 Å². The molecule has 0 spiro atoms. The average molecular weight is 796 g/mol. The van der Waals surface area contributed by atoms with Crippen molar-refractivity contribution in [3.05, 3.63) is 0 Å². The van der Waals surface area contributed by atoms with Gasteiger partial charge in [-0.1, -0.05) is 277 Å². The highest BCUT2D eigenvalue weighted by Crippen LogP contribution is 2.62. The van der Waals surface area contributed by atoms with Crippen molar-refractivity contribution in [2.75, 3.05) is 24.6 Å². The second-order valence-electron chi connectivity index (χ2n) is 23.8. The van der Waals surface area contributed by atoms with E-state index in [1.54, 1.807) is 281 Å². The van der Waals surface area contributed by atoms with Gasteiger partial charge in [-0.3, -0.25) is 0 Å². The first-order valence-electron chi connectivity index (χ1n) is 28.1. The molecule has 0 unspecified atom stereocenters. The maximum atomic E-state index is 1.71. The van der Waals surface area contributed by atoms with Crippen molar-refractivity contribution in [2.45, 2.75) is 303 Å². The third kappa shape index (κ3) is 12.5. The highest BCUT2D eigenvalue weighted by molar-refractivity contribution is 7.75. The minimum atomic E-state index is -0.861. The van der Waals surface area contributed by atoms with Gasteiger partial charge in [-0.05, 0) is 25.7 Å². The summed E-state index contributed by atoms with van der Waals surface area (Å²) in [5, 5.41) is 0. The van der Waals surface area contributed by atoms with Crippen LogP contribution in [-0.4, -0.2) is 51.5 Å². The summed E-state index contributed by atoms with van der Waals surface area (Å²) in [5.74, 6) is 8.99. The van der Waals surface area contributed by atoms with Crippen LogP contribution in [0, 0.1) is 0 Å². The summed E-state index contributed by atoms with van der Waals surface area (Å²) in [6.07, 6.45) is 70.2. The van der Waals surface area contributed by atoms with Crippen molar-refractivity contribution in [1.82, 2.24) is 0 Å². The maximum absolute atomic E-state index is 1.71. The summed E-state index contributed by atoms with van der Waals surface area (Å²) in [7, 11) is -0.861. The second-order valence-corrected chi connectivity index (χ2v) is 28.3. The van der Waals surface area contributed by atoms with Crippen LogP contribution < -0.4 is 0 Å². The third-order valence-electron chi connectivity index (χ3n) is 20.7. The number of fused-ring (bicyclic) bond motifs is 8. The van der Waals surface area contributed by atoms with E-state index in [0.717, 1.165) is 73.4 Å². The predicted octanol–water partition coefficient (Wildman–Crippen LogP) is 18.1. The van der Waals surface area contributed by atoms with Gasteiger partial charge in [0.2, 0.25) is 0 Å². The minimum Gasteiger partial charge on any atom is -0.0737 e. The van der Waals surface area contributed by atoms with Gasteiger partial charge in [0.05, 0.1) is 24.6 Å². The molecule has 0 N–H and O–H groups in total. The van der Waals surface area contributed by atoms with Crippen molar-refractivity contribution in [3.63, 3.8) is 0 Å². The third-order valence-corrected chi connectivity index (χ3v) is 25.8. The topological polar surface area (TPSA) is 0 Å². The van der Waals surface area contributed by atoms with E-state index in [1.807, 2.05) is 0 Å². The molecule has 0 saturated carbocycles. The number of hydrogen-bond donors (Lipinski definition) is 0. The minimum absolute atomic E-state index is 0.861. The van der Waals surface area contributed by atoms with Crippen LogP contribution in [0.25, 0.3) is 0 Å². The zero-order chi connectivity index (χ0) is 38.5. The van der Waals surface area contributed by atoms with Crippen molar-refractivity contribution >= 4 is 34.1 Å². The number of unbranched alkanes of at least 4 members (excludes halogenated alkanes) is 8. The molecule has 57 heavy (non-hydrogen) atoms. The average Bonchev–Trinajstić information content (AvgIpc) is 3.20. The van der Waals surface area contributed by atoms with Gasteiger partial charge < -0.3 is 0 Å². The fourth-order valence-electron chi connectivity index (χ4n) is 17.8. The molecular formula is C52H96B4P+. The molecule has 8 aliphatic heterocycles. The highest BCUT2D eigenvalue weighted by atomic mass is 31.2. The summed E-state index contributed by atoms with van der Waals surface area (Å²) >= 11 is 0. The summed E-state index contributed by atoms with van der Waals surface area (Å²) in [5.41, 5.74) is 0. The van der Waals surface area contributed by atoms with Crippen molar-refractivity contribution in [1.29, 1.82) is 0 Å². The first-order chi connectivity index (χ1) is 28.2. The molecule has 8 saturated heterocycles. The fourth-order valence-corrected chi connectivity index (χ4v) is 22.7. The molecule has 0 nitrogen and oxygen atoms in total. The van der Waals surface area contributed by atoms with Crippen LogP contribution in [0.1, 0.15) is 231 Å². The first kappa shape index (κ1) is 44.3. The SMILES string of the molecule is C(CCB1C2CCCC1CCC2)CC[P+](CCCCCB1C2CCCC1CCC2)(CCCCCB1C2CCCC1CCC2)CCCCCB1C2CCCC1CCC2. The zero-order valence-electron chi connectivity index (χ0n) is 38.5. The van der Waals surface area contributed by atoms with E-state index < -0.39 is 7.26 Å². The summed E-state index contributed by atoms with van der Waals surface area (Å²) in [4.78, 5) is 0. The molecular weight excluding hydrogens is 699 g/mol. The van der Waals surface area contributed by atoms with Gasteiger partial charge in [-0.15, -0.1) is 0 Å². The number of rotatable bonds is 24. The van der Waals surface area contributed by atoms with Crippen LogP contribution in [0.5, 0.6) is 0 Å². The van der Waals surface area contributed by atoms with E-state index >= 15 is 0 Å². The van der Waals surface area contributed by atoms with Gasteiger partial charge in [0.1, 0.15) is 26.9 Å². The molecule has 8 aliphatic rings. The Bertz CT molecular complexity index is 870. The Morgan fingerprint density at radius 2 is 0.404 bits per heavy atom. The Kier molecular flexibility index (Phi) is 18.2. The van der Waals surface area contributed by atoms with Gasteiger partial charge >= 0.3 is 0 Å². The van der Waals surface area contributed by atoms with Crippen LogP contribution in [0.3, 0.4) is 0 Å². The Morgan fingerprint density at radius 3 is 0.579 bits per heavy atom. The Hall–Kier alpha value is 0.690. The molecule has 0 atom stereocenters. The smallest absolute Gasteiger partial charge is 0.0737 e. The second kappa shape index (κ2) is 23.4. The Labute approximate surface area is 360 Å². The first-order valence-corrected chi connectivity index (χ1v) is 30.6. The summed E-state index contributed by atoms with van der Waals surface area (Å²) in [6.45, 7) is 4.51. The molecule has 8 rings (SSSR count). The summed E-state index contributed by atoms with van der Waals surface area (Å²) in [6, 6.07) is 0. The largest absolute Gasteiger partial charge is 0.146 e. The fraction of sp³-hybridized carbons (Fsp3) is 1.00. The maximum Gasteiger partial charge on any atom is 0.146 e. The van der Waals surface area contributed by atoms with E-state index in [9.17, 15) is 0 Å². The lowest BCUT2D eigenvalue weighted by molar-refractivity contribution is 0.440. The molecule has 0 aromatic rings. The molecule has 0 aromatic heterocycles. The van der Waals surface area contributed by atoms with Crippen LogP contribution in [0.15, 0.2) is 0 Å². The van der Waals surface area contributed by atoms with Crippen LogP contribution >= 0.6 is 7.26 Å². The van der Waals surface area contributed by atoms with Gasteiger partial charge in [0.15, 0.2) is 0 Å². The van der Waals surface area contributed by atoms with Crippen LogP contribution in [0.2, 0.25) is 71.8 Å². The Balaban J connectivity index is 0.855. The lowest BCUT2D eigenvalue weighted by Gasteiger charge is -2.41. The molecule has 0 aromatic carbocycles. The standard InChI is InChI=1S/C52H96B4P/c1(5-37-53-45-21-13-22-46(53)24-14-23-45)9-41-57(42-10-2-6-38-54-47-25-15-26-48(54)28-16-27-47,43-11-3-7-39-55-49-29-17-30-50(55)32-18-31-49)44-12-4-8-40-56-51-33-19-34-52(56)36-20-35-51/h45-52H,1-44H2/q+1. The molecule has 5 heteroatoms. The quantitative estimate of drug-likeness (QED) is 0.0519. The van der Waals surface area contributed by atoms with Crippen LogP contribution in [-0.2, 0) is 0 Å². The van der Waals surface area contributed by atoms with Crippen molar-refractivity contribution in [2.24, 2.45) is 0 Å². The van der Waals surface area contributed by atoms with Gasteiger partial charge in [-0.2, -0.15) is 0 Å². The highest BCUT2D eigenvalue weighted by Gasteiger charge is 2.42. The van der Waals surface area contributed by atoms with E-state index in [-0.39, 0.29) is 0 Å². The molecule has 8 fully saturated rings. The monoisotopic (exact) mass is 796 g/mol. The van der Waals surface area contributed by atoms with Gasteiger partial charge in [-0.25, -0.2) is 0 Å².